The number of phenolic OH excluding ortho intramolecular Hbond substituents is 1. The molecule has 152 valence electrons. The van der Waals surface area contributed by atoms with E-state index in [-0.39, 0.29) is 29.7 Å². The van der Waals surface area contributed by atoms with Crippen molar-refractivity contribution in [3.05, 3.63) is 59.4 Å². The number of halogens is 2. The molecule has 4 rings (SSSR count). The van der Waals surface area contributed by atoms with Crippen molar-refractivity contribution >= 4 is 16.9 Å². The molecule has 0 unspecified atom stereocenters. The van der Waals surface area contributed by atoms with E-state index in [0.29, 0.717) is 5.92 Å². The van der Waals surface area contributed by atoms with Gasteiger partial charge in [-0.15, -0.1) is 0 Å². The minimum Gasteiger partial charge on any atom is -0.508 e. The van der Waals surface area contributed by atoms with Crippen molar-refractivity contribution in [3.63, 3.8) is 0 Å². The van der Waals surface area contributed by atoms with E-state index in [1.165, 1.54) is 18.2 Å². The first-order chi connectivity index (χ1) is 14.0. The summed E-state index contributed by atoms with van der Waals surface area (Å²) in [7, 11) is 0. The van der Waals surface area contributed by atoms with Crippen molar-refractivity contribution in [1.29, 1.82) is 0 Å². The molecule has 1 aliphatic carbocycles. The minimum atomic E-state index is -0.645. The van der Waals surface area contributed by atoms with Crippen LogP contribution in [0.25, 0.3) is 11.0 Å². The van der Waals surface area contributed by atoms with Gasteiger partial charge in [-0.1, -0.05) is 6.07 Å². The van der Waals surface area contributed by atoms with Crippen LogP contribution in [0.4, 0.5) is 8.78 Å². The molecule has 2 aromatic carbocycles. The van der Waals surface area contributed by atoms with Crippen LogP contribution in [-0.4, -0.2) is 21.0 Å². The Hall–Kier alpha value is -2.96. The number of imidazole rings is 1. The maximum Gasteiger partial charge on any atom is 0.223 e. The first-order valence-electron chi connectivity index (χ1n) is 9.88. The largest absolute Gasteiger partial charge is 0.508 e. The van der Waals surface area contributed by atoms with Crippen molar-refractivity contribution in [1.82, 2.24) is 15.3 Å². The summed E-state index contributed by atoms with van der Waals surface area (Å²) >= 11 is 0. The molecule has 0 saturated heterocycles. The molecule has 7 heteroatoms. The number of carbonyl (C=O) groups is 1. The van der Waals surface area contributed by atoms with Gasteiger partial charge in [-0.2, -0.15) is 0 Å². The summed E-state index contributed by atoms with van der Waals surface area (Å²) in [5.74, 6) is -0.0550. The van der Waals surface area contributed by atoms with Gasteiger partial charge in [0.15, 0.2) is 0 Å². The Labute approximate surface area is 167 Å². The lowest BCUT2D eigenvalue weighted by Crippen LogP contribution is -2.33. The van der Waals surface area contributed by atoms with E-state index < -0.39 is 11.6 Å². The zero-order valence-electron chi connectivity index (χ0n) is 15.9. The number of aromatic amines is 1. The molecule has 1 heterocycles. The van der Waals surface area contributed by atoms with Crippen LogP contribution < -0.4 is 5.32 Å². The van der Waals surface area contributed by atoms with Crippen LogP contribution in [0.1, 0.15) is 37.1 Å². The lowest BCUT2D eigenvalue weighted by Gasteiger charge is -2.27. The number of hydrogen-bond donors (Lipinski definition) is 3. The fraction of sp³-hybridized carbons (Fsp3) is 0.364. The van der Waals surface area contributed by atoms with Crippen molar-refractivity contribution in [2.75, 3.05) is 0 Å². The van der Waals surface area contributed by atoms with Crippen LogP contribution >= 0.6 is 0 Å². The molecule has 3 aromatic rings. The summed E-state index contributed by atoms with van der Waals surface area (Å²) in [4.78, 5) is 20.2. The van der Waals surface area contributed by atoms with Gasteiger partial charge in [-0.05, 0) is 55.9 Å². The van der Waals surface area contributed by atoms with Crippen LogP contribution in [0.15, 0.2) is 36.4 Å². The Balaban J connectivity index is 1.29. The number of H-pyrrole nitrogens is 1. The SMILES string of the molecule is O=C(NCc1c(F)cccc1F)C1CCC(Cc2nc3ccc(O)cc3[nH]2)CC1. The molecule has 0 spiro atoms. The summed E-state index contributed by atoms with van der Waals surface area (Å²) in [5, 5.41) is 12.2. The monoisotopic (exact) mass is 399 g/mol. The van der Waals surface area contributed by atoms with E-state index in [0.717, 1.165) is 49.0 Å². The van der Waals surface area contributed by atoms with Crippen LogP contribution in [-0.2, 0) is 17.8 Å². The molecular formula is C22H23F2N3O2. The Bertz CT molecular complexity index is 1010. The second-order valence-electron chi connectivity index (χ2n) is 7.72. The standard InChI is InChI=1S/C22H23F2N3O2/c23-17-2-1-3-18(24)16(17)12-25-22(29)14-6-4-13(5-7-14)10-21-26-19-9-8-15(28)11-20(19)27-21/h1-3,8-9,11,13-14,28H,4-7,10,12H2,(H,25,29)(H,26,27). The van der Waals surface area contributed by atoms with Gasteiger partial charge in [0.1, 0.15) is 23.2 Å². The fourth-order valence-corrected chi connectivity index (χ4v) is 4.07. The zero-order valence-corrected chi connectivity index (χ0v) is 15.9. The van der Waals surface area contributed by atoms with Crippen LogP contribution in [0.2, 0.25) is 0 Å². The quantitative estimate of drug-likeness (QED) is 0.601. The van der Waals surface area contributed by atoms with Crippen molar-refractivity contribution in [2.45, 2.75) is 38.6 Å². The fourth-order valence-electron chi connectivity index (χ4n) is 4.07. The maximum absolute atomic E-state index is 13.7. The predicted octanol–water partition coefficient (Wildman–Crippen LogP) is 4.21. The van der Waals surface area contributed by atoms with Gasteiger partial charge >= 0.3 is 0 Å². The number of benzene rings is 2. The Kier molecular flexibility index (Phi) is 5.47. The van der Waals surface area contributed by atoms with E-state index >= 15 is 0 Å². The number of nitrogens with zero attached hydrogens (tertiary/aromatic N) is 1. The van der Waals surface area contributed by atoms with Gasteiger partial charge in [0.05, 0.1) is 11.0 Å². The molecule has 1 amide bonds. The average molecular weight is 399 g/mol. The van der Waals surface area contributed by atoms with Crippen molar-refractivity contribution in [3.8, 4) is 5.75 Å². The topological polar surface area (TPSA) is 78.0 Å². The van der Waals surface area contributed by atoms with E-state index in [1.54, 1.807) is 18.2 Å². The zero-order chi connectivity index (χ0) is 20.4. The highest BCUT2D eigenvalue weighted by molar-refractivity contribution is 5.78. The lowest BCUT2D eigenvalue weighted by molar-refractivity contribution is -0.126. The molecule has 0 aliphatic heterocycles. The predicted molar refractivity (Wildman–Crippen MR) is 105 cm³/mol. The minimum absolute atomic E-state index is 0.106. The van der Waals surface area contributed by atoms with Gasteiger partial charge in [-0.25, -0.2) is 13.8 Å². The smallest absolute Gasteiger partial charge is 0.223 e. The normalized spacial score (nSPS) is 19.4. The number of nitrogens with one attached hydrogen (secondary N) is 2. The number of phenols is 1. The first kappa shape index (κ1) is 19.4. The average Bonchev–Trinajstić information content (AvgIpc) is 3.09. The van der Waals surface area contributed by atoms with Crippen molar-refractivity contribution in [2.24, 2.45) is 11.8 Å². The van der Waals surface area contributed by atoms with E-state index in [2.05, 4.69) is 15.3 Å². The molecule has 3 N–H and O–H groups in total. The second-order valence-corrected chi connectivity index (χ2v) is 7.72. The summed E-state index contributed by atoms with van der Waals surface area (Å²) in [5.41, 5.74) is 1.53. The number of aromatic nitrogens is 2. The Morgan fingerprint density at radius 3 is 2.59 bits per heavy atom. The molecule has 1 aromatic heterocycles. The van der Waals surface area contributed by atoms with E-state index in [4.69, 9.17) is 0 Å². The number of hydrogen-bond acceptors (Lipinski definition) is 3. The van der Waals surface area contributed by atoms with Gasteiger partial charge in [0.2, 0.25) is 5.91 Å². The summed E-state index contributed by atoms with van der Waals surface area (Å²) in [6.45, 7) is -0.136. The Morgan fingerprint density at radius 2 is 1.86 bits per heavy atom. The lowest BCUT2D eigenvalue weighted by atomic mass is 9.80. The maximum atomic E-state index is 13.7. The highest BCUT2D eigenvalue weighted by Gasteiger charge is 2.27. The third-order valence-electron chi connectivity index (χ3n) is 5.72. The first-order valence-corrected chi connectivity index (χ1v) is 9.88. The molecule has 1 fully saturated rings. The van der Waals surface area contributed by atoms with E-state index in [9.17, 15) is 18.7 Å². The van der Waals surface area contributed by atoms with E-state index in [1.807, 2.05) is 0 Å². The molecule has 0 radical (unpaired) electrons. The molecule has 5 nitrogen and oxygen atoms in total. The molecular weight excluding hydrogens is 376 g/mol. The number of aromatic hydroxyl groups is 1. The number of carbonyl (C=O) groups excluding carboxylic acids is 1. The number of amides is 1. The highest BCUT2D eigenvalue weighted by atomic mass is 19.1. The molecule has 29 heavy (non-hydrogen) atoms. The number of rotatable bonds is 5. The summed E-state index contributed by atoms with van der Waals surface area (Å²) < 4.78 is 27.4. The summed E-state index contributed by atoms with van der Waals surface area (Å²) in [6, 6.07) is 8.74. The highest BCUT2D eigenvalue weighted by Crippen LogP contribution is 2.31. The Morgan fingerprint density at radius 1 is 1.14 bits per heavy atom. The van der Waals surface area contributed by atoms with Crippen LogP contribution in [0.5, 0.6) is 5.75 Å². The molecule has 0 atom stereocenters. The third kappa shape index (κ3) is 4.39. The van der Waals surface area contributed by atoms with Crippen LogP contribution in [0.3, 0.4) is 0 Å². The second kappa shape index (κ2) is 8.19. The molecule has 1 aliphatic rings. The van der Waals surface area contributed by atoms with Crippen molar-refractivity contribution < 1.29 is 18.7 Å². The van der Waals surface area contributed by atoms with Crippen LogP contribution in [0, 0.1) is 23.5 Å². The number of fused-ring (bicyclic) bond motifs is 1. The van der Waals surface area contributed by atoms with Gasteiger partial charge in [0.25, 0.3) is 0 Å². The van der Waals surface area contributed by atoms with Gasteiger partial charge in [0, 0.05) is 30.5 Å². The van der Waals surface area contributed by atoms with Gasteiger partial charge in [-0.3, -0.25) is 4.79 Å². The van der Waals surface area contributed by atoms with Gasteiger partial charge < -0.3 is 15.4 Å². The molecule has 0 bridgehead atoms. The molecule has 1 saturated carbocycles. The third-order valence-corrected chi connectivity index (χ3v) is 5.72. The summed E-state index contributed by atoms with van der Waals surface area (Å²) in [6.07, 6.45) is 4.08.